The molecule has 190 valence electrons. The molecule has 0 radical (unpaired) electrons. The van der Waals surface area contributed by atoms with Crippen molar-refractivity contribution in [3.63, 3.8) is 0 Å². The number of ketones is 1. The Morgan fingerprint density at radius 3 is 1.88 bits per heavy atom. The fraction of sp³-hybridized carbons (Fsp3) is 0.923. The molecule has 0 atom stereocenters. The molecule has 32 heavy (non-hydrogen) atoms. The van der Waals surface area contributed by atoms with Crippen LogP contribution in [0.2, 0.25) is 0 Å². The van der Waals surface area contributed by atoms with Gasteiger partial charge in [-0.15, -0.1) is 0 Å². The summed E-state index contributed by atoms with van der Waals surface area (Å²) in [6.45, 7) is 23.1. The first-order valence-electron chi connectivity index (χ1n) is 12.2. The average Bonchev–Trinajstić information content (AvgIpc) is 2.63. The van der Waals surface area contributed by atoms with Gasteiger partial charge in [0.05, 0.1) is 37.4 Å². The molecule has 0 saturated carbocycles. The zero-order valence-corrected chi connectivity index (χ0v) is 22.6. The van der Waals surface area contributed by atoms with Crippen molar-refractivity contribution < 1.29 is 23.8 Å². The minimum atomic E-state index is -0.540. The number of carbonyl (C=O) groups excluding carboxylic acids is 2. The lowest BCUT2D eigenvalue weighted by molar-refractivity contribution is -0.129. The van der Waals surface area contributed by atoms with Gasteiger partial charge in [-0.25, -0.2) is 0 Å². The van der Waals surface area contributed by atoms with Crippen molar-refractivity contribution in [1.29, 1.82) is 0 Å². The highest BCUT2D eigenvalue weighted by atomic mass is 16.5. The third kappa shape index (κ3) is 15.8. The summed E-state index contributed by atoms with van der Waals surface area (Å²) in [5, 5.41) is 3.02. The highest BCUT2D eigenvalue weighted by Crippen LogP contribution is 2.24. The molecule has 1 amide bonds. The second kappa shape index (κ2) is 13.7. The maximum absolute atomic E-state index is 12.5. The standard InChI is InChI=1S/C26H51NO5/c1-11-14-31-25(7,8)13-15-32-26(9,10)17-22(29)27-18-24(5,6)20-30-19-23(3,4)16-21(28)12-2/h11-20H2,1-10H3,(H,27,29). The van der Waals surface area contributed by atoms with E-state index in [0.29, 0.717) is 45.6 Å². The Kier molecular flexibility index (Phi) is 13.2. The molecule has 0 spiro atoms. The van der Waals surface area contributed by atoms with E-state index in [2.05, 4.69) is 53.8 Å². The van der Waals surface area contributed by atoms with Crippen LogP contribution < -0.4 is 5.32 Å². The average molecular weight is 458 g/mol. The Balaban J connectivity index is 4.33. The minimum absolute atomic E-state index is 0.0292. The first-order chi connectivity index (χ1) is 14.5. The van der Waals surface area contributed by atoms with Gasteiger partial charge in [0.1, 0.15) is 5.78 Å². The van der Waals surface area contributed by atoms with Crippen LogP contribution in [0.1, 0.15) is 101 Å². The van der Waals surface area contributed by atoms with Crippen molar-refractivity contribution in [1.82, 2.24) is 5.32 Å². The van der Waals surface area contributed by atoms with Gasteiger partial charge in [-0.05, 0) is 46.0 Å². The van der Waals surface area contributed by atoms with Gasteiger partial charge in [-0.2, -0.15) is 0 Å². The maximum Gasteiger partial charge on any atom is 0.222 e. The highest BCUT2D eigenvalue weighted by Gasteiger charge is 2.28. The Labute approximate surface area is 197 Å². The van der Waals surface area contributed by atoms with Gasteiger partial charge in [0, 0.05) is 31.4 Å². The molecular weight excluding hydrogens is 406 g/mol. The van der Waals surface area contributed by atoms with E-state index in [-0.39, 0.29) is 28.1 Å². The monoisotopic (exact) mass is 457 g/mol. The Bertz CT molecular complexity index is 567. The normalized spacial score (nSPS) is 13.3. The summed E-state index contributed by atoms with van der Waals surface area (Å²) < 4.78 is 17.8. The first kappa shape index (κ1) is 31.0. The number of hydrogen-bond donors (Lipinski definition) is 1. The van der Waals surface area contributed by atoms with Gasteiger partial charge in [0.2, 0.25) is 5.91 Å². The smallest absolute Gasteiger partial charge is 0.222 e. The molecule has 0 bridgehead atoms. The molecule has 0 aromatic carbocycles. The van der Waals surface area contributed by atoms with E-state index in [0.717, 1.165) is 19.4 Å². The van der Waals surface area contributed by atoms with Crippen molar-refractivity contribution in [2.24, 2.45) is 10.8 Å². The predicted octanol–water partition coefficient (Wildman–Crippen LogP) is 5.32. The molecule has 0 saturated heterocycles. The number of carbonyl (C=O) groups is 2. The van der Waals surface area contributed by atoms with Crippen LogP contribution in [0.15, 0.2) is 0 Å². The summed E-state index contributed by atoms with van der Waals surface area (Å²) in [5.41, 5.74) is -1.14. The topological polar surface area (TPSA) is 73.9 Å². The molecule has 6 heteroatoms. The number of ether oxygens (including phenoxy) is 3. The highest BCUT2D eigenvalue weighted by molar-refractivity contribution is 5.78. The SMILES string of the molecule is CCCOC(C)(C)CCOC(C)(C)CC(=O)NCC(C)(C)COCC(C)(C)CC(=O)CC. The summed E-state index contributed by atoms with van der Waals surface area (Å²) in [5.74, 6) is 0.227. The zero-order valence-electron chi connectivity index (χ0n) is 22.6. The second-order valence-electron chi connectivity index (χ2n) is 11.8. The first-order valence-corrected chi connectivity index (χ1v) is 12.2. The second-order valence-corrected chi connectivity index (χ2v) is 11.8. The van der Waals surface area contributed by atoms with Gasteiger partial charge in [-0.3, -0.25) is 9.59 Å². The number of rotatable bonds is 18. The van der Waals surface area contributed by atoms with E-state index < -0.39 is 5.60 Å². The molecule has 0 aliphatic heterocycles. The summed E-state index contributed by atoms with van der Waals surface area (Å²) in [4.78, 5) is 24.2. The van der Waals surface area contributed by atoms with Crippen LogP contribution >= 0.6 is 0 Å². The largest absolute Gasteiger partial charge is 0.380 e. The number of amides is 1. The lowest BCUT2D eigenvalue weighted by Crippen LogP contribution is -2.41. The molecule has 0 unspecified atom stereocenters. The Morgan fingerprint density at radius 1 is 0.750 bits per heavy atom. The zero-order chi connectivity index (χ0) is 25.1. The molecule has 0 rings (SSSR count). The van der Waals surface area contributed by atoms with Gasteiger partial charge >= 0.3 is 0 Å². The summed E-state index contributed by atoms with van der Waals surface area (Å²) in [6.07, 6.45) is 3.16. The van der Waals surface area contributed by atoms with Gasteiger partial charge < -0.3 is 19.5 Å². The van der Waals surface area contributed by atoms with Gasteiger partial charge in [-0.1, -0.05) is 41.5 Å². The molecule has 0 aromatic rings. The molecule has 0 fully saturated rings. The van der Waals surface area contributed by atoms with Gasteiger partial charge in [0.15, 0.2) is 0 Å². The van der Waals surface area contributed by atoms with Crippen molar-refractivity contribution in [2.75, 3.05) is 33.0 Å². The van der Waals surface area contributed by atoms with Crippen LogP contribution in [0.4, 0.5) is 0 Å². The van der Waals surface area contributed by atoms with Crippen LogP contribution in [0.25, 0.3) is 0 Å². The fourth-order valence-electron chi connectivity index (χ4n) is 3.23. The lowest BCUT2D eigenvalue weighted by Gasteiger charge is -2.31. The summed E-state index contributed by atoms with van der Waals surface area (Å²) in [7, 11) is 0. The van der Waals surface area contributed by atoms with Crippen molar-refractivity contribution in [3.05, 3.63) is 0 Å². The van der Waals surface area contributed by atoms with E-state index in [9.17, 15) is 9.59 Å². The number of Topliss-reactive ketones (excluding diaryl/α,β-unsaturated/α-hetero) is 1. The van der Waals surface area contributed by atoms with Crippen LogP contribution in [0.3, 0.4) is 0 Å². The van der Waals surface area contributed by atoms with E-state index in [4.69, 9.17) is 14.2 Å². The van der Waals surface area contributed by atoms with Crippen molar-refractivity contribution in [2.45, 2.75) is 113 Å². The number of nitrogens with one attached hydrogen (secondary N) is 1. The molecule has 6 nitrogen and oxygen atoms in total. The molecule has 1 N–H and O–H groups in total. The van der Waals surface area contributed by atoms with Crippen LogP contribution in [-0.4, -0.2) is 55.9 Å². The third-order valence-electron chi connectivity index (χ3n) is 5.30. The van der Waals surface area contributed by atoms with Crippen LogP contribution in [0, 0.1) is 10.8 Å². The van der Waals surface area contributed by atoms with Crippen LogP contribution in [0.5, 0.6) is 0 Å². The fourth-order valence-corrected chi connectivity index (χ4v) is 3.23. The molecule has 0 aliphatic rings. The lowest BCUT2D eigenvalue weighted by atomic mass is 9.87. The van der Waals surface area contributed by atoms with Gasteiger partial charge in [0.25, 0.3) is 0 Å². The minimum Gasteiger partial charge on any atom is -0.380 e. The van der Waals surface area contributed by atoms with E-state index in [1.54, 1.807) is 0 Å². The summed E-state index contributed by atoms with van der Waals surface area (Å²) in [6, 6.07) is 0. The van der Waals surface area contributed by atoms with Crippen LogP contribution in [-0.2, 0) is 23.8 Å². The molecule has 0 aromatic heterocycles. The molecule has 0 aliphatic carbocycles. The van der Waals surface area contributed by atoms with E-state index in [1.807, 2.05) is 20.8 Å². The number of hydrogen-bond acceptors (Lipinski definition) is 5. The Morgan fingerprint density at radius 2 is 1.31 bits per heavy atom. The molecular formula is C26H51NO5. The predicted molar refractivity (Wildman–Crippen MR) is 131 cm³/mol. The quantitative estimate of drug-likeness (QED) is 0.301. The van der Waals surface area contributed by atoms with Crippen molar-refractivity contribution in [3.8, 4) is 0 Å². The van der Waals surface area contributed by atoms with Crippen molar-refractivity contribution >= 4 is 11.7 Å². The van der Waals surface area contributed by atoms with E-state index in [1.165, 1.54) is 0 Å². The summed E-state index contributed by atoms with van der Waals surface area (Å²) >= 11 is 0. The van der Waals surface area contributed by atoms with E-state index >= 15 is 0 Å². The molecule has 0 heterocycles. The Hall–Kier alpha value is -0.980. The third-order valence-corrected chi connectivity index (χ3v) is 5.30. The maximum atomic E-state index is 12.5.